The summed E-state index contributed by atoms with van der Waals surface area (Å²) in [6.07, 6.45) is 1.72. The van der Waals surface area contributed by atoms with Gasteiger partial charge in [0, 0.05) is 31.2 Å². The number of nitrogens with zero attached hydrogens (tertiary/aromatic N) is 7. The monoisotopic (exact) mass is 507 g/mol. The van der Waals surface area contributed by atoms with Crippen LogP contribution in [-0.4, -0.2) is 81.3 Å². The number of anilines is 1. The predicted octanol–water partition coefficient (Wildman–Crippen LogP) is 3.08. The standard InChI is InChI=1S/C25H26ClN7O3/c1-2-36-25(35)31-14-12-30(13-15-31)23(34)17-32-21(18-6-4-3-5-7-18)16-22(33-24(32)27-28-29-33)19-8-10-20(26)11-9-19/h3-11,16,22H,2,12-15,17H2,1H3/t22-/m0/s1. The van der Waals surface area contributed by atoms with Gasteiger partial charge in [-0.1, -0.05) is 59.2 Å². The molecule has 3 aromatic rings. The number of aromatic nitrogens is 4. The Bertz CT molecular complexity index is 1250. The Hall–Kier alpha value is -3.92. The zero-order chi connectivity index (χ0) is 25.1. The smallest absolute Gasteiger partial charge is 0.409 e. The molecule has 5 rings (SSSR count). The SMILES string of the molecule is CCOC(=O)N1CCN(C(=O)CN2C(c3ccccc3)=C[C@@H](c3ccc(Cl)cc3)n3nnnc32)CC1. The highest BCUT2D eigenvalue weighted by Crippen LogP contribution is 2.36. The maximum Gasteiger partial charge on any atom is 0.409 e. The predicted molar refractivity (Wildman–Crippen MR) is 134 cm³/mol. The van der Waals surface area contributed by atoms with Crippen LogP contribution in [0.4, 0.5) is 10.7 Å². The van der Waals surface area contributed by atoms with E-state index in [-0.39, 0.29) is 24.6 Å². The van der Waals surface area contributed by atoms with E-state index in [4.69, 9.17) is 16.3 Å². The van der Waals surface area contributed by atoms with Crippen molar-refractivity contribution in [1.29, 1.82) is 0 Å². The Kier molecular flexibility index (Phi) is 6.86. The fourth-order valence-corrected chi connectivity index (χ4v) is 4.59. The van der Waals surface area contributed by atoms with Crippen LogP contribution in [-0.2, 0) is 9.53 Å². The second-order valence-electron chi connectivity index (χ2n) is 8.49. The second kappa shape index (κ2) is 10.4. The summed E-state index contributed by atoms with van der Waals surface area (Å²) in [5, 5.41) is 13.1. The van der Waals surface area contributed by atoms with Crippen molar-refractivity contribution in [2.75, 3.05) is 44.2 Å². The van der Waals surface area contributed by atoms with Crippen molar-refractivity contribution in [1.82, 2.24) is 30.0 Å². The van der Waals surface area contributed by atoms with Crippen LogP contribution >= 0.6 is 11.6 Å². The van der Waals surface area contributed by atoms with Crippen LogP contribution in [0.3, 0.4) is 0 Å². The molecule has 11 heteroatoms. The highest BCUT2D eigenvalue weighted by molar-refractivity contribution is 6.30. The number of ether oxygens (including phenoxy) is 1. The van der Waals surface area contributed by atoms with Gasteiger partial charge in [-0.05, 0) is 46.7 Å². The molecule has 1 atom stereocenters. The van der Waals surface area contributed by atoms with E-state index in [0.717, 1.165) is 16.8 Å². The van der Waals surface area contributed by atoms with Gasteiger partial charge in [-0.2, -0.15) is 4.68 Å². The van der Waals surface area contributed by atoms with Crippen LogP contribution in [0.1, 0.15) is 24.1 Å². The molecule has 0 saturated carbocycles. The lowest BCUT2D eigenvalue weighted by molar-refractivity contribution is -0.131. The fraction of sp³-hybridized carbons (Fsp3) is 0.320. The number of hydrogen-bond acceptors (Lipinski definition) is 7. The number of amides is 2. The summed E-state index contributed by atoms with van der Waals surface area (Å²) >= 11 is 6.11. The zero-order valence-electron chi connectivity index (χ0n) is 19.8. The van der Waals surface area contributed by atoms with E-state index >= 15 is 0 Å². The largest absolute Gasteiger partial charge is 0.450 e. The molecule has 2 aromatic carbocycles. The first-order valence-corrected chi connectivity index (χ1v) is 12.2. The Morgan fingerprint density at radius 1 is 1.00 bits per heavy atom. The average molecular weight is 508 g/mol. The number of tetrazole rings is 1. The first kappa shape index (κ1) is 23.8. The van der Waals surface area contributed by atoms with E-state index in [1.807, 2.05) is 59.5 Å². The van der Waals surface area contributed by atoms with Crippen LogP contribution in [0.15, 0.2) is 60.7 Å². The number of benzene rings is 2. The quantitative estimate of drug-likeness (QED) is 0.523. The highest BCUT2D eigenvalue weighted by atomic mass is 35.5. The lowest BCUT2D eigenvalue weighted by Gasteiger charge is -2.37. The summed E-state index contributed by atoms with van der Waals surface area (Å²) in [6.45, 7) is 3.91. The molecule has 2 aliphatic heterocycles. The van der Waals surface area contributed by atoms with Crippen molar-refractivity contribution in [3.63, 3.8) is 0 Å². The molecule has 0 bridgehead atoms. The van der Waals surface area contributed by atoms with Crippen molar-refractivity contribution in [2.24, 2.45) is 0 Å². The molecule has 1 fully saturated rings. The third-order valence-electron chi connectivity index (χ3n) is 6.32. The van der Waals surface area contributed by atoms with Crippen molar-refractivity contribution in [3.05, 3.63) is 76.8 Å². The maximum absolute atomic E-state index is 13.4. The van der Waals surface area contributed by atoms with Crippen LogP contribution in [0.25, 0.3) is 5.70 Å². The molecule has 36 heavy (non-hydrogen) atoms. The number of allylic oxidation sites excluding steroid dienone is 1. The highest BCUT2D eigenvalue weighted by Gasteiger charge is 2.34. The fourth-order valence-electron chi connectivity index (χ4n) is 4.47. The van der Waals surface area contributed by atoms with Crippen molar-refractivity contribution in [3.8, 4) is 0 Å². The van der Waals surface area contributed by atoms with Gasteiger partial charge < -0.3 is 14.5 Å². The van der Waals surface area contributed by atoms with Gasteiger partial charge >= 0.3 is 6.09 Å². The Labute approximate surface area is 213 Å². The molecule has 0 spiro atoms. The van der Waals surface area contributed by atoms with E-state index in [0.29, 0.717) is 43.8 Å². The van der Waals surface area contributed by atoms with Crippen molar-refractivity contribution >= 4 is 35.2 Å². The number of fused-ring (bicyclic) bond motifs is 1. The molecule has 0 unspecified atom stereocenters. The van der Waals surface area contributed by atoms with Crippen LogP contribution in [0.2, 0.25) is 5.02 Å². The van der Waals surface area contributed by atoms with E-state index in [1.165, 1.54) is 0 Å². The lowest BCUT2D eigenvalue weighted by Crippen LogP contribution is -2.53. The molecular weight excluding hydrogens is 482 g/mol. The maximum atomic E-state index is 13.4. The summed E-state index contributed by atoms with van der Waals surface area (Å²) in [6, 6.07) is 17.2. The zero-order valence-corrected chi connectivity index (χ0v) is 20.6. The molecule has 186 valence electrons. The van der Waals surface area contributed by atoms with Crippen molar-refractivity contribution in [2.45, 2.75) is 13.0 Å². The number of hydrogen-bond donors (Lipinski definition) is 0. The third kappa shape index (κ3) is 4.76. The molecule has 1 aromatic heterocycles. The first-order chi connectivity index (χ1) is 17.5. The van der Waals surface area contributed by atoms with E-state index in [2.05, 4.69) is 21.6 Å². The van der Waals surface area contributed by atoms with E-state index in [1.54, 1.807) is 21.4 Å². The molecule has 0 radical (unpaired) electrons. The van der Waals surface area contributed by atoms with Gasteiger partial charge in [-0.25, -0.2) is 4.79 Å². The Morgan fingerprint density at radius 2 is 1.69 bits per heavy atom. The molecule has 0 aliphatic carbocycles. The van der Waals surface area contributed by atoms with Crippen LogP contribution < -0.4 is 4.90 Å². The number of rotatable bonds is 5. The summed E-state index contributed by atoms with van der Waals surface area (Å²) in [5.74, 6) is 0.412. The number of halogens is 1. The molecule has 0 N–H and O–H groups in total. The molecule has 10 nitrogen and oxygen atoms in total. The van der Waals surface area contributed by atoms with Gasteiger partial charge in [0.2, 0.25) is 5.91 Å². The minimum atomic E-state index is -0.345. The van der Waals surface area contributed by atoms with E-state index in [9.17, 15) is 9.59 Å². The lowest BCUT2D eigenvalue weighted by atomic mass is 10.0. The van der Waals surface area contributed by atoms with Gasteiger partial charge in [0.1, 0.15) is 12.6 Å². The minimum Gasteiger partial charge on any atom is -0.450 e. The van der Waals surface area contributed by atoms with Crippen LogP contribution in [0.5, 0.6) is 0 Å². The van der Waals surface area contributed by atoms with E-state index < -0.39 is 0 Å². The van der Waals surface area contributed by atoms with Crippen LogP contribution in [0, 0.1) is 0 Å². The summed E-state index contributed by atoms with van der Waals surface area (Å²) < 4.78 is 6.79. The Balaban J connectivity index is 1.42. The number of carbonyl (C=O) groups is 2. The van der Waals surface area contributed by atoms with Gasteiger partial charge in [0.25, 0.3) is 5.95 Å². The van der Waals surface area contributed by atoms with Gasteiger partial charge in [0.15, 0.2) is 0 Å². The topological polar surface area (TPSA) is 96.7 Å². The molecule has 3 heterocycles. The van der Waals surface area contributed by atoms with Crippen molar-refractivity contribution < 1.29 is 14.3 Å². The third-order valence-corrected chi connectivity index (χ3v) is 6.57. The minimum absolute atomic E-state index is 0.0633. The van der Waals surface area contributed by atoms with Gasteiger partial charge in [0.05, 0.1) is 12.3 Å². The number of piperazine rings is 1. The molecule has 2 aliphatic rings. The average Bonchev–Trinajstić information content (AvgIpc) is 3.40. The van der Waals surface area contributed by atoms with Gasteiger partial charge in [-0.15, -0.1) is 0 Å². The summed E-state index contributed by atoms with van der Waals surface area (Å²) in [7, 11) is 0. The molecule has 2 amide bonds. The Morgan fingerprint density at radius 3 is 2.39 bits per heavy atom. The first-order valence-electron chi connectivity index (χ1n) is 11.8. The normalized spacial score (nSPS) is 17.4. The molecular formula is C25H26ClN7O3. The molecule has 1 saturated heterocycles. The second-order valence-corrected chi connectivity index (χ2v) is 8.93. The summed E-state index contributed by atoms with van der Waals surface area (Å²) in [4.78, 5) is 30.7. The number of carbonyl (C=O) groups excluding carboxylic acids is 2. The summed E-state index contributed by atoms with van der Waals surface area (Å²) in [5.41, 5.74) is 2.77. The van der Waals surface area contributed by atoms with Gasteiger partial charge in [-0.3, -0.25) is 9.69 Å².